The third-order valence-electron chi connectivity index (χ3n) is 1.75. The number of aryl methyl sites for hydroxylation is 1. The molecule has 76 valence electrons. The molecule has 0 fully saturated rings. The lowest BCUT2D eigenvalue weighted by atomic mass is 10.1. The summed E-state index contributed by atoms with van der Waals surface area (Å²) in [7, 11) is 0. The molecule has 1 rings (SSSR count). The summed E-state index contributed by atoms with van der Waals surface area (Å²) in [5, 5.41) is 3.57. The van der Waals surface area contributed by atoms with Crippen molar-refractivity contribution in [2.45, 2.75) is 6.92 Å². The lowest BCUT2D eigenvalue weighted by molar-refractivity contribution is 0.0955. The van der Waals surface area contributed by atoms with Gasteiger partial charge >= 0.3 is 0 Å². The molecule has 0 aliphatic heterocycles. The third-order valence-corrected chi connectivity index (χ3v) is 2.83. The number of benzene rings is 1. The fourth-order valence-corrected chi connectivity index (χ4v) is 1.69. The van der Waals surface area contributed by atoms with Gasteiger partial charge in [0.2, 0.25) is 0 Å². The van der Waals surface area contributed by atoms with E-state index in [4.69, 9.17) is 0 Å². The minimum Gasteiger partial charge on any atom is -0.351 e. The van der Waals surface area contributed by atoms with Gasteiger partial charge in [-0.05, 0) is 35.0 Å². The van der Waals surface area contributed by atoms with E-state index in [0.717, 1.165) is 15.4 Å². The van der Waals surface area contributed by atoms with E-state index in [1.165, 1.54) is 0 Å². The SMILES string of the molecule is Cc1ccc(Br)c(C(=O)NCCBr)c1. The number of hydrogen-bond acceptors (Lipinski definition) is 1. The average Bonchev–Trinajstić information content (AvgIpc) is 2.18. The van der Waals surface area contributed by atoms with Crippen molar-refractivity contribution in [1.82, 2.24) is 5.32 Å². The maximum Gasteiger partial charge on any atom is 0.252 e. The molecule has 4 heteroatoms. The van der Waals surface area contributed by atoms with Crippen LogP contribution in [-0.4, -0.2) is 17.8 Å². The quantitative estimate of drug-likeness (QED) is 0.852. The zero-order valence-electron chi connectivity index (χ0n) is 7.81. The lowest BCUT2D eigenvalue weighted by Gasteiger charge is -2.06. The first-order valence-electron chi connectivity index (χ1n) is 4.25. The van der Waals surface area contributed by atoms with Crippen LogP contribution in [0.15, 0.2) is 22.7 Å². The van der Waals surface area contributed by atoms with E-state index in [-0.39, 0.29) is 5.91 Å². The monoisotopic (exact) mass is 319 g/mol. The van der Waals surface area contributed by atoms with E-state index in [1.807, 2.05) is 25.1 Å². The number of nitrogens with one attached hydrogen (secondary N) is 1. The largest absolute Gasteiger partial charge is 0.351 e. The Morgan fingerprint density at radius 3 is 2.86 bits per heavy atom. The van der Waals surface area contributed by atoms with Crippen LogP contribution < -0.4 is 5.32 Å². The molecule has 1 aromatic rings. The Kier molecular flexibility index (Phi) is 4.62. The molecule has 0 unspecified atom stereocenters. The van der Waals surface area contributed by atoms with Gasteiger partial charge in [0.15, 0.2) is 0 Å². The minimum atomic E-state index is -0.0416. The number of amides is 1. The molecule has 1 aromatic carbocycles. The summed E-state index contributed by atoms with van der Waals surface area (Å²) in [4.78, 5) is 11.6. The van der Waals surface area contributed by atoms with Gasteiger partial charge < -0.3 is 5.32 Å². The van der Waals surface area contributed by atoms with Gasteiger partial charge in [-0.25, -0.2) is 0 Å². The van der Waals surface area contributed by atoms with Crippen LogP contribution in [0.5, 0.6) is 0 Å². The molecule has 0 radical (unpaired) electrons. The van der Waals surface area contributed by atoms with Crippen LogP contribution in [0.3, 0.4) is 0 Å². The van der Waals surface area contributed by atoms with E-state index in [9.17, 15) is 4.79 Å². The summed E-state index contributed by atoms with van der Waals surface area (Å²) in [6, 6.07) is 5.72. The normalized spacial score (nSPS) is 9.93. The Bertz CT molecular complexity index is 339. The van der Waals surface area contributed by atoms with Gasteiger partial charge in [-0.3, -0.25) is 4.79 Å². The highest BCUT2D eigenvalue weighted by atomic mass is 79.9. The summed E-state index contributed by atoms with van der Waals surface area (Å²) in [6.07, 6.45) is 0. The first kappa shape index (κ1) is 11.7. The Morgan fingerprint density at radius 1 is 1.50 bits per heavy atom. The summed E-state index contributed by atoms with van der Waals surface area (Å²) < 4.78 is 0.829. The molecule has 0 heterocycles. The smallest absolute Gasteiger partial charge is 0.252 e. The lowest BCUT2D eigenvalue weighted by Crippen LogP contribution is -2.25. The van der Waals surface area contributed by atoms with Gasteiger partial charge in [-0.1, -0.05) is 27.6 Å². The third kappa shape index (κ3) is 3.10. The van der Waals surface area contributed by atoms with Crippen molar-refractivity contribution in [2.24, 2.45) is 0 Å². The Labute approximate surface area is 100 Å². The standard InChI is InChI=1S/C10H11Br2NO/c1-7-2-3-9(12)8(6-7)10(14)13-5-4-11/h2-3,6H,4-5H2,1H3,(H,13,14). The van der Waals surface area contributed by atoms with Crippen molar-refractivity contribution in [3.8, 4) is 0 Å². The molecular weight excluding hydrogens is 310 g/mol. The van der Waals surface area contributed by atoms with Crippen LogP contribution in [0.1, 0.15) is 15.9 Å². The van der Waals surface area contributed by atoms with Crippen LogP contribution in [0.25, 0.3) is 0 Å². The van der Waals surface area contributed by atoms with Crippen LogP contribution in [0.4, 0.5) is 0 Å². The Morgan fingerprint density at radius 2 is 2.21 bits per heavy atom. The second kappa shape index (κ2) is 5.51. The van der Waals surface area contributed by atoms with Crippen molar-refractivity contribution >= 4 is 37.8 Å². The molecule has 1 amide bonds. The van der Waals surface area contributed by atoms with Crippen molar-refractivity contribution in [3.63, 3.8) is 0 Å². The zero-order chi connectivity index (χ0) is 10.6. The molecule has 0 saturated carbocycles. The van der Waals surface area contributed by atoms with Crippen LogP contribution in [0.2, 0.25) is 0 Å². The van der Waals surface area contributed by atoms with E-state index >= 15 is 0 Å². The van der Waals surface area contributed by atoms with Gasteiger partial charge in [0.25, 0.3) is 5.91 Å². The summed E-state index contributed by atoms with van der Waals surface area (Å²) in [5.41, 5.74) is 1.77. The number of rotatable bonds is 3. The van der Waals surface area contributed by atoms with Crippen LogP contribution in [-0.2, 0) is 0 Å². The topological polar surface area (TPSA) is 29.1 Å². The molecular formula is C10H11Br2NO. The van der Waals surface area contributed by atoms with Gasteiger partial charge in [0, 0.05) is 16.3 Å². The van der Waals surface area contributed by atoms with Crippen molar-refractivity contribution < 1.29 is 4.79 Å². The molecule has 0 atom stereocenters. The molecule has 0 spiro atoms. The van der Waals surface area contributed by atoms with E-state index in [1.54, 1.807) is 0 Å². The van der Waals surface area contributed by atoms with E-state index < -0.39 is 0 Å². The molecule has 0 aliphatic carbocycles. The molecule has 0 bridgehead atoms. The number of hydrogen-bond donors (Lipinski definition) is 1. The van der Waals surface area contributed by atoms with E-state index in [0.29, 0.717) is 12.1 Å². The van der Waals surface area contributed by atoms with Crippen molar-refractivity contribution in [1.29, 1.82) is 0 Å². The zero-order valence-corrected chi connectivity index (χ0v) is 11.0. The van der Waals surface area contributed by atoms with Gasteiger partial charge in [0.05, 0.1) is 5.56 Å². The highest BCUT2D eigenvalue weighted by Gasteiger charge is 2.08. The molecule has 14 heavy (non-hydrogen) atoms. The minimum absolute atomic E-state index is 0.0416. The van der Waals surface area contributed by atoms with Crippen LogP contribution in [0, 0.1) is 6.92 Å². The molecule has 1 N–H and O–H groups in total. The van der Waals surface area contributed by atoms with E-state index in [2.05, 4.69) is 37.2 Å². The first-order chi connectivity index (χ1) is 6.65. The predicted molar refractivity (Wildman–Crippen MR) is 65.0 cm³/mol. The highest BCUT2D eigenvalue weighted by Crippen LogP contribution is 2.17. The number of carbonyl (C=O) groups excluding carboxylic acids is 1. The van der Waals surface area contributed by atoms with Crippen molar-refractivity contribution in [3.05, 3.63) is 33.8 Å². The summed E-state index contributed by atoms with van der Waals surface area (Å²) in [5.74, 6) is -0.0416. The fraction of sp³-hybridized carbons (Fsp3) is 0.300. The molecule has 2 nitrogen and oxygen atoms in total. The first-order valence-corrected chi connectivity index (χ1v) is 6.17. The number of alkyl halides is 1. The van der Waals surface area contributed by atoms with Gasteiger partial charge in [0.1, 0.15) is 0 Å². The second-order valence-electron chi connectivity index (χ2n) is 2.93. The van der Waals surface area contributed by atoms with Crippen molar-refractivity contribution in [2.75, 3.05) is 11.9 Å². The second-order valence-corrected chi connectivity index (χ2v) is 4.58. The molecule has 0 aliphatic rings. The molecule has 0 aromatic heterocycles. The maximum absolute atomic E-state index is 11.6. The maximum atomic E-state index is 11.6. The summed E-state index contributed by atoms with van der Waals surface area (Å²) >= 11 is 6.61. The molecule has 0 saturated heterocycles. The van der Waals surface area contributed by atoms with Gasteiger partial charge in [-0.2, -0.15) is 0 Å². The predicted octanol–water partition coefficient (Wildman–Crippen LogP) is 2.88. The Hall–Kier alpha value is -0.350. The van der Waals surface area contributed by atoms with Crippen LogP contribution >= 0.6 is 31.9 Å². The highest BCUT2D eigenvalue weighted by molar-refractivity contribution is 9.10. The number of carbonyl (C=O) groups is 1. The van der Waals surface area contributed by atoms with Gasteiger partial charge in [-0.15, -0.1) is 0 Å². The Balaban J connectivity index is 2.83. The average molecular weight is 321 g/mol. The fourth-order valence-electron chi connectivity index (χ4n) is 1.07. The summed E-state index contributed by atoms with van der Waals surface area (Å²) in [6.45, 7) is 2.60. The number of halogens is 2.